The van der Waals surface area contributed by atoms with Crippen LogP contribution in [0.4, 0.5) is 0 Å². The second-order valence-electron chi connectivity index (χ2n) is 5.47. The Kier molecular flexibility index (Phi) is 5.36. The average Bonchev–Trinajstić information content (AvgIpc) is 3.12. The lowest BCUT2D eigenvalue weighted by atomic mass is 10.2. The fourth-order valence-corrected chi connectivity index (χ4v) is 5.19. The summed E-state index contributed by atoms with van der Waals surface area (Å²) in [5.41, 5.74) is 0.361. The monoisotopic (exact) mass is 361 g/mol. The van der Waals surface area contributed by atoms with Crippen molar-refractivity contribution in [3.8, 4) is 6.07 Å². The van der Waals surface area contributed by atoms with Crippen LogP contribution in [-0.4, -0.2) is 37.9 Å². The molecule has 8 heteroatoms. The molecule has 1 aliphatic heterocycles. The van der Waals surface area contributed by atoms with Gasteiger partial charge in [-0.2, -0.15) is 9.57 Å². The van der Waals surface area contributed by atoms with Gasteiger partial charge < -0.3 is 5.32 Å². The second kappa shape index (κ2) is 6.73. The molecule has 0 spiro atoms. The van der Waals surface area contributed by atoms with Crippen LogP contribution in [0.5, 0.6) is 0 Å². The highest BCUT2D eigenvalue weighted by atomic mass is 35.5. The molecule has 2 fully saturated rings. The van der Waals surface area contributed by atoms with Crippen molar-refractivity contribution in [1.82, 2.24) is 9.62 Å². The topological polar surface area (TPSA) is 73.2 Å². The molecule has 1 N–H and O–H groups in total. The van der Waals surface area contributed by atoms with E-state index in [1.807, 2.05) is 6.07 Å². The fourth-order valence-electron chi connectivity index (χ4n) is 2.77. The van der Waals surface area contributed by atoms with Crippen molar-refractivity contribution < 1.29 is 8.42 Å². The zero-order valence-electron chi connectivity index (χ0n) is 11.8. The van der Waals surface area contributed by atoms with Gasteiger partial charge in [-0.15, -0.1) is 12.4 Å². The average molecular weight is 362 g/mol. The number of nitriles is 1. The van der Waals surface area contributed by atoms with Crippen molar-refractivity contribution in [3.63, 3.8) is 0 Å². The van der Waals surface area contributed by atoms with Gasteiger partial charge in [0.2, 0.25) is 10.0 Å². The van der Waals surface area contributed by atoms with E-state index in [0.29, 0.717) is 12.1 Å². The molecule has 1 saturated carbocycles. The van der Waals surface area contributed by atoms with Crippen LogP contribution in [-0.2, 0) is 10.0 Å². The number of hydrogen-bond acceptors (Lipinski definition) is 4. The molecule has 3 rings (SSSR count). The maximum atomic E-state index is 13.0. The largest absolute Gasteiger partial charge is 0.315 e. The molecular formula is C14H17Cl2N3O2S. The molecule has 5 nitrogen and oxygen atoms in total. The molecule has 1 saturated heterocycles. The van der Waals surface area contributed by atoms with Gasteiger partial charge in [0.05, 0.1) is 16.7 Å². The quantitative estimate of drug-likeness (QED) is 0.891. The van der Waals surface area contributed by atoms with E-state index in [1.54, 1.807) is 4.31 Å². The predicted octanol–water partition coefficient (Wildman–Crippen LogP) is 2.15. The Bertz CT molecular complexity index is 693. The Morgan fingerprint density at radius 2 is 2.00 bits per heavy atom. The molecule has 1 aliphatic carbocycles. The summed E-state index contributed by atoms with van der Waals surface area (Å²) in [6.07, 6.45) is 2.64. The van der Waals surface area contributed by atoms with E-state index in [2.05, 4.69) is 5.32 Å². The number of rotatable bonds is 4. The summed E-state index contributed by atoms with van der Waals surface area (Å²) in [7, 11) is -3.62. The Labute approximate surface area is 141 Å². The fraction of sp³-hybridized carbons (Fsp3) is 0.500. The van der Waals surface area contributed by atoms with Crippen LogP contribution in [0, 0.1) is 11.3 Å². The minimum Gasteiger partial charge on any atom is -0.315 e. The third-order valence-electron chi connectivity index (χ3n) is 3.92. The molecule has 0 amide bonds. The van der Waals surface area contributed by atoms with Gasteiger partial charge in [-0.25, -0.2) is 8.42 Å². The Balaban J connectivity index is 0.00000176. The van der Waals surface area contributed by atoms with Crippen molar-refractivity contribution in [3.05, 3.63) is 28.8 Å². The number of nitrogens with zero attached hydrogens (tertiary/aromatic N) is 2. The molecule has 22 heavy (non-hydrogen) atoms. The van der Waals surface area contributed by atoms with Gasteiger partial charge >= 0.3 is 0 Å². The van der Waals surface area contributed by atoms with E-state index < -0.39 is 10.0 Å². The van der Waals surface area contributed by atoms with Gasteiger partial charge in [0.1, 0.15) is 4.90 Å². The lowest BCUT2D eigenvalue weighted by Gasteiger charge is -2.28. The third-order valence-corrected chi connectivity index (χ3v) is 6.41. The van der Waals surface area contributed by atoms with Crippen molar-refractivity contribution in [1.29, 1.82) is 5.26 Å². The smallest absolute Gasteiger partial charge is 0.245 e. The molecule has 2 aliphatic rings. The van der Waals surface area contributed by atoms with Crippen LogP contribution in [0.2, 0.25) is 5.02 Å². The van der Waals surface area contributed by atoms with Crippen LogP contribution in [0.3, 0.4) is 0 Å². The summed E-state index contributed by atoms with van der Waals surface area (Å²) in [5, 5.41) is 12.2. The summed E-state index contributed by atoms with van der Waals surface area (Å²) in [6.45, 7) is 1.52. The Hall–Kier alpha value is -0.840. The number of hydrogen-bond donors (Lipinski definition) is 1. The lowest BCUT2D eigenvalue weighted by molar-refractivity contribution is 0.327. The van der Waals surface area contributed by atoms with Gasteiger partial charge in [0, 0.05) is 18.6 Å². The van der Waals surface area contributed by atoms with Gasteiger partial charge in [-0.1, -0.05) is 11.6 Å². The van der Waals surface area contributed by atoms with E-state index in [-0.39, 0.29) is 34.4 Å². The van der Waals surface area contributed by atoms with E-state index in [1.165, 1.54) is 18.2 Å². The first-order valence-corrected chi connectivity index (χ1v) is 8.80. The molecule has 0 aromatic heterocycles. The first-order valence-electron chi connectivity index (χ1n) is 6.98. The number of halogens is 2. The highest BCUT2D eigenvalue weighted by Crippen LogP contribution is 2.37. The first kappa shape index (κ1) is 17.5. The summed E-state index contributed by atoms with van der Waals surface area (Å²) in [5.74, 6) is 0. The second-order valence-corrected chi connectivity index (χ2v) is 7.69. The van der Waals surface area contributed by atoms with Crippen LogP contribution in [0.15, 0.2) is 23.1 Å². The van der Waals surface area contributed by atoms with Crippen LogP contribution in [0.25, 0.3) is 0 Å². The van der Waals surface area contributed by atoms with E-state index >= 15 is 0 Å². The first-order chi connectivity index (χ1) is 10.0. The minimum atomic E-state index is -3.62. The van der Waals surface area contributed by atoms with Crippen LogP contribution >= 0.6 is 24.0 Å². The van der Waals surface area contributed by atoms with Gasteiger partial charge in [-0.05, 0) is 44.0 Å². The minimum absolute atomic E-state index is 0. The molecule has 1 atom stereocenters. The molecule has 1 unspecified atom stereocenters. The van der Waals surface area contributed by atoms with Crippen LogP contribution < -0.4 is 5.32 Å². The van der Waals surface area contributed by atoms with Gasteiger partial charge in [-0.3, -0.25) is 0 Å². The summed E-state index contributed by atoms with van der Waals surface area (Å²) >= 11 is 6.10. The Morgan fingerprint density at radius 3 is 2.50 bits per heavy atom. The molecule has 120 valence electrons. The Morgan fingerprint density at radius 1 is 1.27 bits per heavy atom. The van der Waals surface area contributed by atoms with E-state index in [9.17, 15) is 8.42 Å². The van der Waals surface area contributed by atoms with Crippen molar-refractivity contribution in [2.45, 2.75) is 36.2 Å². The molecule has 1 heterocycles. The number of sulfonamides is 1. The number of nitrogens with one attached hydrogen (secondary N) is 1. The normalized spacial score (nSPS) is 21.4. The van der Waals surface area contributed by atoms with Crippen molar-refractivity contribution in [2.24, 2.45) is 0 Å². The zero-order valence-corrected chi connectivity index (χ0v) is 14.2. The maximum absolute atomic E-state index is 13.0. The standard InChI is InChI=1S/C14H16ClN3O2S.ClH/c15-13-7-10(8-16)1-4-14(13)21(19,20)18(11-2-3-11)12-5-6-17-9-12;/h1,4,7,11-12,17H,2-3,5-6,9H2;1H. The van der Waals surface area contributed by atoms with Crippen molar-refractivity contribution >= 4 is 34.0 Å². The van der Waals surface area contributed by atoms with Crippen molar-refractivity contribution in [2.75, 3.05) is 13.1 Å². The summed E-state index contributed by atoms with van der Waals surface area (Å²) < 4.78 is 27.5. The highest BCUT2D eigenvalue weighted by molar-refractivity contribution is 7.89. The molecule has 0 radical (unpaired) electrons. The molecule has 1 aromatic rings. The van der Waals surface area contributed by atoms with Crippen LogP contribution in [0.1, 0.15) is 24.8 Å². The summed E-state index contributed by atoms with van der Waals surface area (Å²) in [4.78, 5) is 0.0990. The highest BCUT2D eigenvalue weighted by Gasteiger charge is 2.43. The lowest BCUT2D eigenvalue weighted by Crippen LogP contribution is -2.43. The molecule has 0 bridgehead atoms. The molecule has 1 aromatic carbocycles. The van der Waals surface area contributed by atoms with Gasteiger partial charge in [0.25, 0.3) is 0 Å². The third kappa shape index (κ3) is 3.24. The zero-order chi connectivity index (χ0) is 15.0. The maximum Gasteiger partial charge on any atom is 0.245 e. The van der Waals surface area contributed by atoms with E-state index in [4.69, 9.17) is 16.9 Å². The van der Waals surface area contributed by atoms with E-state index in [0.717, 1.165) is 25.8 Å². The summed E-state index contributed by atoms with van der Waals surface area (Å²) in [6, 6.07) is 6.39. The SMILES string of the molecule is Cl.N#Cc1ccc(S(=O)(=O)N(C2CC2)C2CCNC2)c(Cl)c1. The number of benzene rings is 1. The molecular weight excluding hydrogens is 345 g/mol. The van der Waals surface area contributed by atoms with Gasteiger partial charge in [0.15, 0.2) is 0 Å². The predicted molar refractivity (Wildman–Crippen MR) is 86.7 cm³/mol.